The molecule has 1 fully saturated rings. The van der Waals surface area contributed by atoms with Gasteiger partial charge in [0.05, 0.1) is 6.61 Å². The molecule has 0 aromatic carbocycles. The maximum absolute atomic E-state index is 11.3. The number of rotatable bonds is 3. The molecular weight excluding hydrogens is 219 g/mol. The van der Waals surface area contributed by atoms with E-state index in [-0.39, 0.29) is 13.0 Å². The highest BCUT2D eigenvalue weighted by Crippen LogP contribution is 2.46. The number of hydrogen-bond donors (Lipinski definition) is 0. The molecule has 0 aromatic rings. The van der Waals surface area contributed by atoms with Crippen molar-refractivity contribution in [2.75, 3.05) is 20.4 Å². The lowest BCUT2D eigenvalue weighted by atomic mass is 10.5. The highest BCUT2D eigenvalue weighted by atomic mass is 32.2. The molecule has 2 unspecified atom stereocenters. The van der Waals surface area contributed by atoms with E-state index in [1.165, 1.54) is 13.8 Å². The Bertz CT molecular complexity index is 322. The van der Waals surface area contributed by atoms with Crippen LogP contribution in [0.25, 0.3) is 0 Å². The first-order valence-electron chi connectivity index (χ1n) is 3.57. The molecule has 0 amide bonds. The van der Waals surface area contributed by atoms with Crippen molar-refractivity contribution in [3.63, 3.8) is 0 Å². The first kappa shape index (κ1) is 11.1. The molecule has 0 N–H and O–H groups in total. The Kier molecular flexibility index (Phi) is 3.14. The molecule has 0 saturated carbocycles. The van der Waals surface area contributed by atoms with Gasteiger partial charge in [-0.2, -0.15) is 8.42 Å². The van der Waals surface area contributed by atoms with E-state index in [1.54, 1.807) is 0 Å². The lowest BCUT2D eigenvalue weighted by Crippen LogP contribution is -2.17. The van der Waals surface area contributed by atoms with E-state index in [1.807, 2.05) is 0 Å². The van der Waals surface area contributed by atoms with E-state index < -0.39 is 23.1 Å². The van der Waals surface area contributed by atoms with Gasteiger partial charge in [-0.05, 0) is 0 Å². The van der Waals surface area contributed by atoms with Crippen LogP contribution in [0, 0.1) is 0 Å². The second-order valence-corrected chi connectivity index (χ2v) is 6.46. The molecule has 0 aromatic heterocycles. The molecule has 1 saturated heterocycles. The van der Waals surface area contributed by atoms with E-state index in [4.69, 9.17) is 4.52 Å². The lowest BCUT2D eigenvalue weighted by molar-refractivity contribution is 0.215. The van der Waals surface area contributed by atoms with E-state index >= 15 is 0 Å². The second kappa shape index (κ2) is 3.67. The quantitative estimate of drug-likeness (QED) is 0.520. The number of hydrogen-bond acceptors (Lipinski definition) is 6. The summed E-state index contributed by atoms with van der Waals surface area (Å²) in [5, 5.41) is 0. The molecule has 1 heterocycles. The minimum absolute atomic E-state index is 0.0662. The van der Waals surface area contributed by atoms with E-state index in [0.717, 1.165) is 0 Å². The third-order valence-corrected chi connectivity index (χ3v) is 4.48. The fraction of sp³-hybridized carbons (Fsp3) is 1.00. The lowest BCUT2D eigenvalue weighted by Gasteiger charge is -2.14. The van der Waals surface area contributed by atoms with Crippen LogP contribution < -0.4 is 0 Å². The molecule has 78 valence electrons. The molecule has 0 spiro atoms. The summed E-state index contributed by atoms with van der Waals surface area (Å²) in [7, 11) is -5.77. The van der Waals surface area contributed by atoms with Gasteiger partial charge in [-0.25, -0.2) is 0 Å². The van der Waals surface area contributed by atoms with Crippen molar-refractivity contribution in [1.82, 2.24) is 0 Å². The Morgan fingerprint density at radius 2 is 2.15 bits per heavy atom. The van der Waals surface area contributed by atoms with Crippen LogP contribution in [0.1, 0.15) is 6.42 Å². The highest BCUT2D eigenvalue weighted by molar-refractivity contribution is 7.87. The third-order valence-electron chi connectivity index (χ3n) is 1.56. The molecule has 0 aliphatic carbocycles. The van der Waals surface area contributed by atoms with Crippen molar-refractivity contribution in [3.05, 3.63) is 0 Å². The van der Waals surface area contributed by atoms with Gasteiger partial charge in [-0.15, -0.1) is 0 Å². The summed E-state index contributed by atoms with van der Waals surface area (Å²) < 4.78 is 47.0. The van der Waals surface area contributed by atoms with Crippen LogP contribution in [0.15, 0.2) is 0 Å². The fourth-order valence-corrected chi connectivity index (χ4v) is 3.22. The van der Waals surface area contributed by atoms with E-state index in [0.29, 0.717) is 0 Å². The summed E-state index contributed by atoms with van der Waals surface area (Å²) in [5.74, 6) is 0. The topological polar surface area (TPSA) is 78.9 Å². The Balaban J connectivity index is 2.71. The SMILES string of the molecule is COP(C)(=O)OC1CCOS1(=O)=O. The van der Waals surface area contributed by atoms with Crippen molar-refractivity contribution >= 4 is 17.7 Å². The van der Waals surface area contributed by atoms with Gasteiger partial charge >= 0.3 is 7.60 Å². The van der Waals surface area contributed by atoms with E-state index in [2.05, 4.69) is 8.71 Å². The monoisotopic (exact) mass is 230 g/mol. The van der Waals surface area contributed by atoms with Gasteiger partial charge in [0.25, 0.3) is 10.1 Å². The fourth-order valence-electron chi connectivity index (χ4n) is 0.843. The Labute approximate surface area is 76.8 Å². The van der Waals surface area contributed by atoms with Gasteiger partial charge in [0.15, 0.2) is 5.44 Å². The van der Waals surface area contributed by atoms with Crippen molar-refractivity contribution in [2.45, 2.75) is 11.9 Å². The van der Waals surface area contributed by atoms with Gasteiger partial charge in [0.1, 0.15) is 0 Å². The van der Waals surface area contributed by atoms with Crippen LogP contribution in [-0.2, 0) is 27.9 Å². The van der Waals surface area contributed by atoms with Crippen LogP contribution in [0.4, 0.5) is 0 Å². The molecule has 0 radical (unpaired) electrons. The molecule has 1 aliphatic rings. The summed E-state index contributed by atoms with van der Waals surface area (Å²) in [6.45, 7) is 1.28. The molecule has 8 heteroatoms. The third kappa shape index (κ3) is 2.75. The van der Waals surface area contributed by atoms with Gasteiger partial charge < -0.3 is 4.52 Å². The van der Waals surface area contributed by atoms with Crippen molar-refractivity contribution in [3.8, 4) is 0 Å². The zero-order valence-corrected chi connectivity index (χ0v) is 9.01. The van der Waals surface area contributed by atoms with Crippen LogP contribution in [-0.4, -0.2) is 34.2 Å². The average molecular weight is 230 g/mol. The minimum atomic E-state index is -3.70. The maximum Gasteiger partial charge on any atom is 0.328 e. The zero-order valence-electron chi connectivity index (χ0n) is 7.30. The average Bonchev–Trinajstić information content (AvgIpc) is 2.31. The Morgan fingerprint density at radius 3 is 2.54 bits per heavy atom. The van der Waals surface area contributed by atoms with Crippen LogP contribution in [0.3, 0.4) is 0 Å². The Hall–Kier alpha value is 0.0600. The van der Waals surface area contributed by atoms with Crippen LogP contribution in [0.2, 0.25) is 0 Å². The first-order valence-corrected chi connectivity index (χ1v) is 7.03. The molecular formula is C5H11O6PS. The predicted octanol–water partition coefficient (Wildman–Crippen LogP) is 0.548. The van der Waals surface area contributed by atoms with Gasteiger partial charge in [-0.1, -0.05) is 0 Å². The highest BCUT2D eigenvalue weighted by Gasteiger charge is 2.38. The van der Waals surface area contributed by atoms with Crippen LogP contribution in [0.5, 0.6) is 0 Å². The largest absolute Gasteiger partial charge is 0.328 e. The maximum atomic E-state index is 11.3. The summed E-state index contributed by atoms with van der Waals surface area (Å²) in [6, 6.07) is 0. The van der Waals surface area contributed by atoms with Crippen molar-refractivity contribution in [2.24, 2.45) is 0 Å². The summed E-state index contributed by atoms with van der Waals surface area (Å²) >= 11 is 0. The van der Waals surface area contributed by atoms with Gasteiger partial charge in [-0.3, -0.25) is 13.3 Å². The summed E-state index contributed by atoms with van der Waals surface area (Å²) in [4.78, 5) is 0. The normalized spacial score (nSPS) is 31.4. The standard InChI is InChI=1S/C5H11O6PS/c1-9-12(2,6)11-5-3-4-10-13(5,7)8/h5H,3-4H2,1-2H3. The smallest absolute Gasteiger partial charge is 0.312 e. The van der Waals surface area contributed by atoms with E-state index in [9.17, 15) is 13.0 Å². The predicted molar refractivity (Wildman–Crippen MR) is 44.9 cm³/mol. The van der Waals surface area contributed by atoms with Gasteiger partial charge in [0, 0.05) is 20.2 Å². The Morgan fingerprint density at radius 1 is 1.54 bits per heavy atom. The molecule has 0 bridgehead atoms. The molecule has 1 rings (SSSR count). The first-order chi connectivity index (χ1) is 5.87. The minimum Gasteiger partial charge on any atom is -0.312 e. The van der Waals surface area contributed by atoms with Crippen molar-refractivity contribution in [1.29, 1.82) is 0 Å². The van der Waals surface area contributed by atoms with Gasteiger partial charge in [0.2, 0.25) is 0 Å². The molecule has 1 aliphatic heterocycles. The molecule has 6 nitrogen and oxygen atoms in total. The second-order valence-electron chi connectivity index (χ2n) is 2.59. The summed E-state index contributed by atoms with van der Waals surface area (Å²) in [6.07, 6.45) is 0.184. The van der Waals surface area contributed by atoms with Crippen molar-refractivity contribution < 1.29 is 26.2 Å². The molecule has 2 atom stereocenters. The zero-order chi connectivity index (χ0) is 10.1. The van der Waals surface area contributed by atoms with Crippen LogP contribution >= 0.6 is 7.60 Å². The molecule has 13 heavy (non-hydrogen) atoms. The summed E-state index contributed by atoms with van der Waals surface area (Å²) in [5.41, 5.74) is -1.16.